The molecule has 1 fully saturated rings. The van der Waals surface area contributed by atoms with Crippen molar-refractivity contribution in [2.24, 2.45) is 0 Å². The summed E-state index contributed by atoms with van der Waals surface area (Å²) < 4.78 is 5.43. The lowest BCUT2D eigenvalue weighted by molar-refractivity contribution is -0.140. The molecule has 31 heavy (non-hydrogen) atoms. The van der Waals surface area contributed by atoms with Gasteiger partial charge in [0.05, 0.1) is 24.4 Å². The predicted octanol–water partition coefficient (Wildman–Crippen LogP) is 4.69. The van der Waals surface area contributed by atoms with Crippen LogP contribution in [0.25, 0.3) is 16.7 Å². The second-order valence-corrected chi connectivity index (χ2v) is 7.61. The van der Waals surface area contributed by atoms with Gasteiger partial charge in [-0.15, -0.1) is 0 Å². The Hall–Kier alpha value is -4.06. The molecule has 0 radical (unpaired) electrons. The lowest BCUT2D eigenvalue weighted by Crippen LogP contribution is -2.29. The molecule has 5 rings (SSSR count). The van der Waals surface area contributed by atoms with E-state index < -0.39 is 17.7 Å². The molecule has 6 heteroatoms. The summed E-state index contributed by atoms with van der Waals surface area (Å²) in [6.07, 6.45) is 3.19. The van der Waals surface area contributed by atoms with Crippen molar-refractivity contribution in [3.05, 3.63) is 101 Å². The van der Waals surface area contributed by atoms with Crippen LogP contribution in [-0.2, 0) is 16.1 Å². The quantitative estimate of drug-likeness (QED) is 0.289. The number of aliphatic hydroxyl groups is 1. The molecule has 154 valence electrons. The number of benzene rings is 2. The number of hydrogen-bond donors (Lipinski definition) is 2. The van der Waals surface area contributed by atoms with Crippen molar-refractivity contribution in [3.8, 4) is 0 Å². The van der Waals surface area contributed by atoms with E-state index >= 15 is 0 Å². The average molecular weight is 412 g/mol. The molecule has 2 aromatic heterocycles. The number of aromatic nitrogens is 1. The number of likely N-dealkylation sites (tertiary alicyclic amines) is 1. The Morgan fingerprint density at radius 3 is 2.61 bits per heavy atom. The van der Waals surface area contributed by atoms with Gasteiger partial charge in [-0.2, -0.15) is 0 Å². The molecule has 0 saturated carbocycles. The van der Waals surface area contributed by atoms with Gasteiger partial charge in [-0.1, -0.05) is 42.5 Å². The van der Waals surface area contributed by atoms with Crippen LogP contribution in [0.3, 0.4) is 0 Å². The topological polar surface area (TPSA) is 86.5 Å². The fourth-order valence-electron chi connectivity index (χ4n) is 4.24. The number of Topliss-reactive ketones (excluding diaryl/α,β-unsaturated/α-hetero) is 1. The molecule has 1 aliphatic rings. The van der Waals surface area contributed by atoms with Crippen LogP contribution in [0.15, 0.2) is 83.1 Å². The maximum absolute atomic E-state index is 13.2. The van der Waals surface area contributed by atoms with Crippen LogP contribution in [0, 0.1) is 6.92 Å². The van der Waals surface area contributed by atoms with Crippen LogP contribution in [0.5, 0.6) is 0 Å². The highest BCUT2D eigenvalue weighted by Gasteiger charge is 2.47. The van der Waals surface area contributed by atoms with Crippen molar-refractivity contribution in [1.82, 2.24) is 9.88 Å². The van der Waals surface area contributed by atoms with Crippen molar-refractivity contribution in [2.45, 2.75) is 19.5 Å². The summed E-state index contributed by atoms with van der Waals surface area (Å²) in [5.74, 6) is -0.993. The van der Waals surface area contributed by atoms with E-state index in [2.05, 4.69) is 4.98 Å². The maximum atomic E-state index is 13.2. The Morgan fingerprint density at radius 1 is 1.06 bits per heavy atom. The molecule has 6 nitrogen and oxygen atoms in total. The lowest BCUT2D eigenvalue weighted by Gasteiger charge is -2.25. The molecule has 3 heterocycles. The van der Waals surface area contributed by atoms with Crippen LogP contribution in [0.2, 0.25) is 0 Å². The summed E-state index contributed by atoms with van der Waals surface area (Å²) in [5.41, 5.74) is 3.11. The first-order chi connectivity index (χ1) is 15.1. The van der Waals surface area contributed by atoms with Crippen molar-refractivity contribution in [3.63, 3.8) is 0 Å². The number of aryl methyl sites for hydroxylation is 1. The zero-order chi connectivity index (χ0) is 21.5. The van der Waals surface area contributed by atoms with E-state index in [0.29, 0.717) is 11.3 Å². The van der Waals surface area contributed by atoms with E-state index in [1.165, 1.54) is 11.2 Å². The number of aromatic amines is 1. The summed E-state index contributed by atoms with van der Waals surface area (Å²) >= 11 is 0. The highest BCUT2D eigenvalue weighted by atomic mass is 16.3. The Bertz CT molecular complexity index is 1330. The van der Waals surface area contributed by atoms with Crippen LogP contribution in [0.4, 0.5) is 0 Å². The van der Waals surface area contributed by atoms with Gasteiger partial charge < -0.3 is 19.4 Å². The number of hydrogen-bond acceptors (Lipinski definition) is 4. The van der Waals surface area contributed by atoms with Gasteiger partial charge in [0.2, 0.25) is 0 Å². The number of amides is 1. The largest absolute Gasteiger partial charge is 0.507 e. The number of fused-ring (bicyclic) bond motifs is 1. The van der Waals surface area contributed by atoms with E-state index in [1.807, 2.05) is 55.5 Å². The Morgan fingerprint density at radius 2 is 1.84 bits per heavy atom. The van der Waals surface area contributed by atoms with E-state index in [4.69, 9.17) is 4.42 Å². The number of ketones is 1. The van der Waals surface area contributed by atoms with E-state index in [0.717, 1.165) is 22.0 Å². The molecule has 1 unspecified atom stereocenters. The van der Waals surface area contributed by atoms with Crippen molar-refractivity contribution in [2.75, 3.05) is 0 Å². The first kappa shape index (κ1) is 18.9. The van der Waals surface area contributed by atoms with Crippen LogP contribution in [0.1, 0.15) is 28.5 Å². The molecule has 1 saturated heterocycles. The van der Waals surface area contributed by atoms with E-state index in [1.54, 1.807) is 18.3 Å². The highest BCUT2D eigenvalue weighted by Crippen LogP contribution is 2.42. The number of nitrogens with zero attached hydrogens (tertiary/aromatic N) is 1. The Kier molecular flexibility index (Phi) is 4.47. The normalized spacial score (nSPS) is 18.2. The summed E-state index contributed by atoms with van der Waals surface area (Å²) in [6.45, 7) is 2.05. The summed E-state index contributed by atoms with van der Waals surface area (Å²) in [7, 11) is 0. The van der Waals surface area contributed by atoms with E-state index in [9.17, 15) is 14.7 Å². The molecule has 2 aromatic carbocycles. The van der Waals surface area contributed by atoms with Crippen LogP contribution < -0.4 is 0 Å². The predicted molar refractivity (Wildman–Crippen MR) is 116 cm³/mol. The van der Waals surface area contributed by atoms with Gasteiger partial charge in [0.15, 0.2) is 0 Å². The first-order valence-electron chi connectivity index (χ1n) is 9.99. The maximum Gasteiger partial charge on any atom is 0.296 e. The molecule has 1 atom stereocenters. The van der Waals surface area contributed by atoms with Crippen molar-refractivity contribution >= 4 is 28.4 Å². The minimum atomic E-state index is -0.722. The molecular weight excluding hydrogens is 392 g/mol. The number of rotatable bonds is 4. The zero-order valence-electron chi connectivity index (χ0n) is 16.8. The van der Waals surface area contributed by atoms with E-state index in [-0.39, 0.29) is 17.9 Å². The van der Waals surface area contributed by atoms with Gasteiger partial charge in [-0.25, -0.2) is 0 Å². The number of para-hydroxylation sites is 1. The zero-order valence-corrected chi connectivity index (χ0v) is 16.8. The average Bonchev–Trinajstić information content (AvgIpc) is 3.49. The molecular formula is C25H20N2O4. The molecule has 1 amide bonds. The molecule has 4 aromatic rings. The summed E-state index contributed by atoms with van der Waals surface area (Å²) in [6, 6.07) is 17.8. The SMILES string of the molecule is Cc1ccccc1C1/C(=C(\O)c2c[nH]c3ccccc23)C(=O)C(=O)N1Cc1ccco1. The second kappa shape index (κ2) is 7.32. The third kappa shape index (κ3) is 3.04. The Labute approximate surface area is 178 Å². The van der Waals surface area contributed by atoms with Crippen molar-refractivity contribution < 1.29 is 19.1 Å². The molecule has 0 aliphatic carbocycles. The van der Waals surface area contributed by atoms with Gasteiger partial charge in [-0.05, 0) is 36.2 Å². The standard InChI is InChI=1S/C25H20N2O4/c1-15-7-2-3-9-17(15)22-21(23(28)19-13-26-20-11-5-4-10-18(19)20)24(29)25(30)27(22)14-16-8-6-12-31-16/h2-13,22,26,28H,14H2,1H3/b23-21+. The molecule has 1 aliphatic heterocycles. The van der Waals surface area contributed by atoms with Crippen LogP contribution >= 0.6 is 0 Å². The summed E-state index contributed by atoms with van der Waals surface area (Å²) in [4.78, 5) is 30.8. The fourth-order valence-corrected chi connectivity index (χ4v) is 4.24. The number of aliphatic hydroxyl groups excluding tert-OH is 1. The van der Waals surface area contributed by atoms with Gasteiger partial charge in [0.25, 0.3) is 11.7 Å². The van der Waals surface area contributed by atoms with Gasteiger partial charge in [0.1, 0.15) is 11.5 Å². The summed E-state index contributed by atoms with van der Waals surface area (Å²) in [5, 5.41) is 12.1. The van der Waals surface area contributed by atoms with Crippen molar-refractivity contribution in [1.29, 1.82) is 0 Å². The number of H-pyrrole nitrogens is 1. The van der Waals surface area contributed by atoms with Gasteiger partial charge in [0, 0.05) is 22.7 Å². The fraction of sp³-hybridized carbons (Fsp3) is 0.120. The second-order valence-electron chi connectivity index (χ2n) is 7.61. The van der Waals surface area contributed by atoms with Gasteiger partial charge >= 0.3 is 0 Å². The lowest BCUT2D eigenvalue weighted by atomic mass is 9.92. The molecule has 2 N–H and O–H groups in total. The number of furan rings is 1. The minimum Gasteiger partial charge on any atom is -0.507 e. The number of nitrogens with one attached hydrogen (secondary N) is 1. The Balaban J connectivity index is 1.72. The first-order valence-corrected chi connectivity index (χ1v) is 9.99. The third-order valence-corrected chi connectivity index (χ3v) is 5.77. The molecule has 0 spiro atoms. The van der Waals surface area contributed by atoms with Gasteiger partial charge in [-0.3, -0.25) is 9.59 Å². The smallest absolute Gasteiger partial charge is 0.296 e. The highest BCUT2D eigenvalue weighted by molar-refractivity contribution is 6.46. The molecule has 0 bridgehead atoms. The van der Waals surface area contributed by atoms with Crippen LogP contribution in [-0.4, -0.2) is 26.7 Å². The monoisotopic (exact) mass is 412 g/mol. The number of carbonyl (C=O) groups is 2. The number of carbonyl (C=O) groups excluding carboxylic acids is 2. The third-order valence-electron chi connectivity index (χ3n) is 5.77. The minimum absolute atomic E-state index is 0.0793.